The summed E-state index contributed by atoms with van der Waals surface area (Å²) >= 11 is 3.44. The smallest absolute Gasteiger partial charge is 0.00384 e. The molecule has 0 radical (unpaired) electrons. The molecule has 0 aliphatic carbocycles. The molecular formula is C9H20BrN. The van der Waals surface area contributed by atoms with Crippen LogP contribution >= 0.6 is 15.9 Å². The molecule has 0 spiro atoms. The fourth-order valence-corrected chi connectivity index (χ4v) is 1.59. The van der Waals surface area contributed by atoms with Crippen molar-refractivity contribution in [2.75, 3.05) is 18.4 Å². The molecule has 68 valence electrons. The Hall–Kier alpha value is 0.440. The largest absolute Gasteiger partial charge is 0.301 e. The standard InChI is InChI=1S/C9H20BrN/c1-4-11(9(2)3)8-6-5-7-10/h9H,4-8H2,1-3H3. The van der Waals surface area contributed by atoms with Gasteiger partial charge < -0.3 is 4.90 Å². The first-order valence-corrected chi connectivity index (χ1v) is 5.64. The molecule has 0 N–H and O–H groups in total. The topological polar surface area (TPSA) is 3.24 Å². The molecule has 0 unspecified atom stereocenters. The van der Waals surface area contributed by atoms with Gasteiger partial charge in [0.25, 0.3) is 0 Å². The average molecular weight is 222 g/mol. The summed E-state index contributed by atoms with van der Waals surface area (Å²) in [5.74, 6) is 0. The highest BCUT2D eigenvalue weighted by Gasteiger charge is 2.04. The summed E-state index contributed by atoms with van der Waals surface area (Å²) in [7, 11) is 0. The third-order valence-electron chi connectivity index (χ3n) is 1.97. The van der Waals surface area contributed by atoms with E-state index in [1.165, 1.54) is 25.9 Å². The lowest BCUT2D eigenvalue weighted by Gasteiger charge is -2.24. The van der Waals surface area contributed by atoms with Crippen molar-refractivity contribution in [3.05, 3.63) is 0 Å². The normalized spacial score (nSPS) is 11.5. The SMILES string of the molecule is CCN(CCCCBr)C(C)C. The third kappa shape index (κ3) is 5.68. The van der Waals surface area contributed by atoms with Gasteiger partial charge >= 0.3 is 0 Å². The lowest BCUT2D eigenvalue weighted by Crippen LogP contribution is -2.31. The van der Waals surface area contributed by atoms with Gasteiger partial charge in [0, 0.05) is 11.4 Å². The van der Waals surface area contributed by atoms with Gasteiger partial charge in [-0.15, -0.1) is 0 Å². The van der Waals surface area contributed by atoms with Crippen molar-refractivity contribution in [3.8, 4) is 0 Å². The number of alkyl halides is 1. The summed E-state index contributed by atoms with van der Waals surface area (Å²) in [6.07, 6.45) is 2.61. The predicted molar refractivity (Wildman–Crippen MR) is 55.4 cm³/mol. The van der Waals surface area contributed by atoms with Crippen molar-refractivity contribution in [1.29, 1.82) is 0 Å². The van der Waals surface area contributed by atoms with E-state index in [2.05, 4.69) is 41.6 Å². The highest BCUT2D eigenvalue weighted by molar-refractivity contribution is 9.09. The first kappa shape index (κ1) is 11.4. The Bertz CT molecular complexity index is 83.6. The molecule has 0 bridgehead atoms. The van der Waals surface area contributed by atoms with Crippen molar-refractivity contribution in [1.82, 2.24) is 4.90 Å². The zero-order chi connectivity index (χ0) is 8.69. The molecule has 0 rings (SSSR count). The molecule has 2 heteroatoms. The van der Waals surface area contributed by atoms with Crippen LogP contribution in [0.3, 0.4) is 0 Å². The van der Waals surface area contributed by atoms with Gasteiger partial charge in [0.1, 0.15) is 0 Å². The first-order chi connectivity index (χ1) is 5.22. The summed E-state index contributed by atoms with van der Waals surface area (Å²) in [4.78, 5) is 2.50. The minimum absolute atomic E-state index is 0.704. The fourth-order valence-electron chi connectivity index (χ4n) is 1.19. The van der Waals surface area contributed by atoms with Crippen molar-refractivity contribution in [2.45, 2.75) is 39.7 Å². The van der Waals surface area contributed by atoms with Gasteiger partial charge in [-0.2, -0.15) is 0 Å². The van der Waals surface area contributed by atoms with Crippen LogP contribution in [0, 0.1) is 0 Å². The molecule has 1 nitrogen and oxygen atoms in total. The van der Waals surface area contributed by atoms with Crippen molar-refractivity contribution < 1.29 is 0 Å². The molecule has 0 aromatic rings. The zero-order valence-corrected chi connectivity index (χ0v) is 9.52. The van der Waals surface area contributed by atoms with Crippen molar-refractivity contribution >= 4 is 15.9 Å². The van der Waals surface area contributed by atoms with E-state index in [0.717, 1.165) is 5.33 Å². The molecule has 0 aromatic carbocycles. The lowest BCUT2D eigenvalue weighted by molar-refractivity contribution is 0.230. The lowest BCUT2D eigenvalue weighted by atomic mass is 10.2. The monoisotopic (exact) mass is 221 g/mol. The summed E-state index contributed by atoms with van der Waals surface area (Å²) in [6.45, 7) is 9.18. The van der Waals surface area contributed by atoms with Gasteiger partial charge in [-0.3, -0.25) is 0 Å². The Morgan fingerprint density at radius 2 is 1.91 bits per heavy atom. The van der Waals surface area contributed by atoms with Crippen LogP contribution in [0.5, 0.6) is 0 Å². The van der Waals surface area contributed by atoms with Gasteiger partial charge in [-0.1, -0.05) is 22.9 Å². The van der Waals surface area contributed by atoms with Gasteiger partial charge in [-0.05, 0) is 39.8 Å². The summed E-state index contributed by atoms with van der Waals surface area (Å²) in [6, 6.07) is 0.704. The van der Waals surface area contributed by atoms with Crippen molar-refractivity contribution in [2.24, 2.45) is 0 Å². The Labute approximate surface area is 79.3 Å². The Balaban J connectivity index is 3.36. The minimum Gasteiger partial charge on any atom is -0.301 e. The Morgan fingerprint density at radius 3 is 2.27 bits per heavy atom. The first-order valence-electron chi connectivity index (χ1n) is 4.52. The number of unbranched alkanes of at least 4 members (excludes halogenated alkanes) is 1. The van der Waals surface area contributed by atoms with E-state index in [-0.39, 0.29) is 0 Å². The molecule has 0 aromatic heterocycles. The second-order valence-electron chi connectivity index (χ2n) is 3.12. The Morgan fingerprint density at radius 1 is 1.27 bits per heavy atom. The number of halogens is 1. The number of nitrogens with zero attached hydrogens (tertiary/aromatic N) is 1. The number of hydrogen-bond donors (Lipinski definition) is 0. The maximum absolute atomic E-state index is 3.44. The Kier molecular flexibility index (Phi) is 7.39. The van der Waals surface area contributed by atoms with E-state index in [1.54, 1.807) is 0 Å². The van der Waals surface area contributed by atoms with E-state index < -0.39 is 0 Å². The van der Waals surface area contributed by atoms with Crippen LogP contribution < -0.4 is 0 Å². The maximum Gasteiger partial charge on any atom is 0.00384 e. The predicted octanol–water partition coefficient (Wildman–Crippen LogP) is 2.89. The quantitative estimate of drug-likeness (QED) is 0.493. The van der Waals surface area contributed by atoms with E-state index >= 15 is 0 Å². The zero-order valence-electron chi connectivity index (χ0n) is 7.94. The fraction of sp³-hybridized carbons (Fsp3) is 1.00. The minimum atomic E-state index is 0.704. The molecule has 0 aliphatic rings. The molecule has 0 amide bonds. The molecule has 0 atom stereocenters. The van der Waals surface area contributed by atoms with E-state index in [1.807, 2.05) is 0 Å². The molecule has 11 heavy (non-hydrogen) atoms. The summed E-state index contributed by atoms with van der Waals surface area (Å²) in [5.41, 5.74) is 0. The second kappa shape index (κ2) is 7.11. The summed E-state index contributed by atoms with van der Waals surface area (Å²) < 4.78 is 0. The molecule has 0 aliphatic heterocycles. The molecule has 0 heterocycles. The average Bonchev–Trinajstić information content (AvgIpc) is 1.97. The van der Waals surface area contributed by atoms with Crippen LogP contribution in [-0.2, 0) is 0 Å². The molecule has 0 saturated carbocycles. The van der Waals surface area contributed by atoms with E-state index in [4.69, 9.17) is 0 Å². The van der Waals surface area contributed by atoms with Gasteiger partial charge in [-0.25, -0.2) is 0 Å². The highest BCUT2D eigenvalue weighted by Crippen LogP contribution is 2.01. The maximum atomic E-state index is 3.44. The van der Waals surface area contributed by atoms with Gasteiger partial charge in [0.2, 0.25) is 0 Å². The molecule has 0 saturated heterocycles. The highest BCUT2D eigenvalue weighted by atomic mass is 79.9. The number of hydrogen-bond acceptors (Lipinski definition) is 1. The molecular weight excluding hydrogens is 202 g/mol. The summed E-state index contributed by atoms with van der Waals surface area (Å²) in [5, 5.41) is 1.14. The van der Waals surface area contributed by atoms with Gasteiger partial charge in [0.05, 0.1) is 0 Å². The van der Waals surface area contributed by atoms with Crippen LogP contribution in [0.25, 0.3) is 0 Å². The van der Waals surface area contributed by atoms with Crippen LogP contribution in [0.2, 0.25) is 0 Å². The number of rotatable bonds is 6. The van der Waals surface area contributed by atoms with Crippen LogP contribution in [-0.4, -0.2) is 29.4 Å². The molecule has 0 fully saturated rings. The van der Waals surface area contributed by atoms with Crippen LogP contribution in [0.15, 0.2) is 0 Å². The van der Waals surface area contributed by atoms with Gasteiger partial charge in [0.15, 0.2) is 0 Å². The van der Waals surface area contributed by atoms with Crippen LogP contribution in [0.4, 0.5) is 0 Å². The van der Waals surface area contributed by atoms with Crippen LogP contribution in [0.1, 0.15) is 33.6 Å². The van der Waals surface area contributed by atoms with E-state index in [0.29, 0.717) is 6.04 Å². The second-order valence-corrected chi connectivity index (χ2v) is 3.91. The van der Waals surface area contributed by atoms with E-state index in [9.17, 15) is 0 Å². The van der Waals surface area contributed by atoms with Crippen molar-refractivity contribution in [3.63, 3.8) is 0 Å². The third-order valence-corrected chi connectivity index (χ3v) is 2.53.